The molecule has 72 valence electrons. The Labute approximate surface area is 70.8 Å². The standard InChI is InChI=1S/C4H10O.C3H9NO.CH4/c1-3-4-5-2;1-2-3-5-4;/h3-4H2,1-2H3;2-4H2,1H3;1H4. The van der Waals surface area contributed by atoms with E-state index in [-0.39, 0.29) is 7.43 Å². The van der Waals surface area contributed by atoms with Crippen LogP contribution < -0.4 is 5.90 Å². The number of hydrogen-bond donors (Lipinski definition) is 1. The smallest absolute Gasteiger partial charge is 0.0676 e. The molecule has 11 heavy (non-hydrogen) atoms. The Balaban J connectivity index is -0.000000107. The fourth-order valence-electron chi connectivity index (χ4n) is 0.322. The van der Waals surface area contributed by atoms with E-state index in [1.807, 2.05) is 6.92 Å². The summed E-state index contributed by atoms with van der Waals surface area (Å²) >= 11 is 0. The van der Waals surface area contributed by atoms with Crippen LogP contribution in [0.5, 0.6) is 0 Å². The third-order valence-electron chi connectivity index (χ3n) is 0.730. The lowest BCUT2D eigenvalue weighted by Gasteiger charge is -1.84. The van der Waals surface area contributed by atoms with Crippen LogP contribution in [-0.4, -0.2) is 20.3 Å². The molecule has 0 spiro atoms. The Morgan fingerprint density at radius 2 is 1.55 bits per heavy atom. The van der Waals surface area contributed by atoms with Gasteiger partial charge in [-0.15, -0.1) is 0 Å². The van der Waals surface area contributed by atoms with Crippen molar-refractivity contribution in [3.05, 3.63) is 0 Å². The molecule has 0 atom stereocenters. The maximum Gasteiger partial charge on any atom is 0.0676 e. The summed E-state index contributed by atoms with van der Waals surface area (Å²) in [6.45, 7) is 5.65. The van der Waals surface area contributed by atoms with E-state index in [4.69, 9.17) is 4.74 Å². The lowest BCUT2D eigenvalue weighted by molar-refractivity contribution is 0.138. The van der Waals surface area contributed by atoms with Gasteiger partial charge in [0.15, 0.2) is 0 Å². The molecule has 0 radical (unpaired) electrons. The molecule has 0 unspecified atom stereocenters. The first-order valence-corrected chi connectivity index (χ1v) is 3.64. The van der Waals surface area contributed by atoms with Crippen LogP contribution in [0.4, 0.5) is 0 Å². The normalized spacial score (nSPS) is 7.64. The summed E-state index contributed by atoms with van der Waals surface area (Å²) < 4.78 is 4.69. The first-order chi connectivity index (χ1) is 4.83. The van der Waals surface area contributed by atoms with Crippen molar-refractivity contribution in [2.45, 2.75) is 34.1 Å². The van der Waals surface area contributed by atoms with Crippen molar-refractivity contribution in [1.82, 2.24) is 0 Å². The van der Waals surface area contributed by atoms with Crippen molar-refractivity contribution in [3.8, 4) is 0 Å². The van der Waals surface area contributed by atoms with Gasteiger partial charge in [0.2, 0.25) is 0 Å². The van der Waals surface area contributed by atoms with Gasteiger partial charge >= 0.3 is 0 Å². The molecule has 0 heterocycles. The molecule has 0 aliphatic heterocycles. The summed E-state index contributed by atoms with van der Waals surface area (Å²) in [6, 6.07) is 0. The SMILES string of the molecule is C.CCCOC.CCCON. The van der Waals surface area contributed by atoms with Gasteiger partial charge in [0.05, 0.1) is 6.61 Å². The average molecular weight is 165 g/mol. The molecule has 0 aliphatic carbocycles. The lowest BCUT2D eigenvalue weighted by atomic mass is 10.5. The number of rotatable bonds is 4. The highest BCUT2D eigenvalue weighted by atomic mass is 16.6. The minimum Gasteiger partial charge on any atom is -0.385 e. The molecule has 0 aromatic heterocycles. The molecule has 3 nitrogen and oxygen atoms in total. The van der Waals surface area contributed by atoms with E-state index >= 15 is 0 Å². The van der Waals surface area contributed by atoms with Gasteiger partial charge in [-0.1, -0.05) is 21.3 Å². The number of nitrogens with two attached hydrogens (primary N) is 1. The summed E-state index contributed by atoms with van der Waals surface area (Å²) in [6.07, 6.45) is 2.12. The molecule has 0 aromatic rings. The summed E-state index contributed by atoms with van der Waals surface area (Å²) in [5, 5.41) is 0. The van der Waals surface area contributed by atoms with Gasteiger partial charge in [-0.3, -0.25) is 0 Å². The van der Waals surface area contributed by atoms with Crippen LogP contribution in [0.3, 0.4) is 0 Å². The Morgan fingerprint density at radius 1 is 1.09 bits per heavy atom. The van der Waals surface area contributed by atoms with Gasteiger partial charge in [-0.05, 0) is 12.8 Å². The predicted octanol–water partition coefficient (Wildman–Crippen LogP) is 1.97. The fraction of sp³-hybridized carbons (Fsp3) is 1.00. The quantitative estimate of drug-likeness (QED) is 0.648. The Morgan fingerprint density at radius 3 is 1.55 bits per heavy atom. The molecule has 3 heteroatoms. The highest BCUT2D eigenvalue weighted by molar-refractivity contribution is 4.15. The van der Waals surface area contributed by atoms with E-state index < -0.39 is 0 Å². The van der Waals surface area contributed by atoms with Crippen LogP contribution in [0.2, 0.25) is 0 Å². The monoisotopic (exact) mass is 165 g/mol. The highest BCUT2D eigenvalue weighted by Gasteiger charge is 1.67. The minimum atomic E-state index is 0. The third-order valence-corrected chi connectivity index (χ3v) is 0.730. The van der Waals surface area contributed by atoms with E-state index in [2.05, 4.69) is 17.7 Å². The van der Waals surface area contributed by atoms with Crippen molar-refractivity contribution < 1.29 is 9.57 Å². The van der Waals surface area contributed by atoms with Crippen molar-refractivity contribution in [2.24, 2.45) is 5.90 Å². The molecule has 0 aliphatic rings. The second kappa shape index (κ2) is 22.5. The average Bonchev–Trinajstić information content (AvgIpc) is 1.93. The maximum atomic E-state index is 4.69. The largest absolute Gasteiger partial charge is 0.385 e. The summed E-state index contributed by atoms with van der Waals surface area (Å²) in [7, 11) is 1.71. The van der Waals surface area contributed by atoms with E-state index in [1.54, 1.807) is 7.11 Å². The Kier molecular flexibility index (Phi) is 35.0. The molecule has 0 bridgehead atoms. The number of methoxy groups -OCH3 is 1. The third kappa shape index (κ3) is 40.8. The van der Waals surface area contributed by atoms with Gasteiger partial charge in [0.25, 0.3) is 0 Å². The second-order valence-corrected chi connectivity index (χ2v) is 1.86. The van der Waals surface area contributed by atoms with Crippen LogP contribution in [0.15, 0.2) is 0 Å². The van der Waals surface area contributed by atoms with Gasteiger partial charge in [0.1, 0.15) is 0 Å². The van der Waals surface area contributed by atoms with Crippen LogP contribution in [0.1, 0.15) is 34.1 Å². The van der Waals surface area contributed by atoms with Crippen molar-refractivity contribution in [3.63, 3.8) is 0 Å². The van der Waals surface area contributed by atoms with Gasteiger partial charge < -0.3 is 9.57 Å². The van der Waals surface area contributed by atoms with Crippen molar-refractivity contribution in [2.75, 3.05) is 20.3 Å². The van der Waals surface area contributed by atoms with E-state index in [1.165, 1.54) is 0 Å². The molecule has 0 rings (SSSR count). The molecule has 0 aromatic carbocycles. The number of ether oxygens (including phenoxy) is 1. The number of hydrogen-bond acceptors (Lipinski definition) is 3. The molecule has 0 amide bonds. The van der Waals surface area contributed by atoms with Gasteiger partial charge in [0, 0.05) is 13.7 Å². The maximum absolute atomic E-state index is 4.69. The zero-order chi connectivity index (χ0) is 8.24. The van der Waals surface area contributed by atoms with E-state index in [0.29, 0.717) is 6.61 Å². The van der Waals surface area contributed by atoms with E-state index in [0.717, 1.165) is 19.4 Å². The zero-order valence-corrected chi connectivity index (χ0v) is 7.22. The molecule has 0 fully saturated rings. The lowest BCUT2D eigenvalue weighted by Crippen LogP contribution is -1.97. The van der Waals surface area contributed by atoms with E-state index in [9.17, 15) is 0 Å². The topological polar surface area (TPSA) is 44.5 Å². The second-order valence-electron chi connectivity index (χ2n) is 1.86. The van der Waals surface area contributed by atoms with Crippen LogP contribution in [-0.2, 0) is 9.57 Å². The van der Waals surface area contributed by atoms with Gasteiger partial charge in [-0.25, -0.2) is 5.90 Å². The fourth-order valence-corrected chi connectivity index (χ4v) is 0.322. The van der Waals surface area contributed by atoms with Crippen LogP contribution in [0.25, 0.3) is 0 Å². The van der Waals surface area contributed by atoms with Crippen molar-refractivity contribution >= 4 is 0 Å². The summed E-state index contributed by atoms with van der Waals surface area (Å²) in [4.78, 5) is 4.19. The molecule has 0 saturated heterocycles. The molecular formula is C8H23NO2. The molecule has 0 saturated carbocycles. The molecule has 2 N–H and O–H groups in total. The van der Waals surface area contributed by atoms with Gasteiger partial charge in [-0.2, -0.15) is 0 Å². The zero-order valence-electron chi connectivity index (χ0n) is 7.22. The summed E-state index contributed by atoms with van der Waals surface area (Å²) in [5.41, 5.74) is 0. The predicted molar refractivity (Wildman–Crippen MR) is 49.3 cm³/mol. The van der Waals surface area contributed by atoms with Crippen molar-refractivity contribution in [1.29, 1.82) is 0 Å². The van der Waals surface area contributed by atoms with Crippen LogP contribution >= 0.6 is 0 Å². The first kappa shape index (κ1) is 17.1. The summed E-state index contributed by atoms with van der Waals surface area (Å²) in [5.74, 6) is 4.64. The highest BCUT2D eigenvalue weighted by Crippen LogP contribution is 1.70. The Hall–Kier alpha value is -0.120. The van der Waals surface area contributed by atoms with Crippen LogP contribution in [0, 0.1) is 0 Å². The minimum absolute atomic E-state index is 0. The molecular weight excluding hydrogens is 142 g/mol. The Bertz CT molecular complexity index is 33.1. The first-order valence-electron chi connectivity index (χ1n) is 3.64.